The van der Waals surface area contributed by atoms with Crippen LogP contribution in [0.5, 0.6) is 0 Å². The molecule has 2 N–H and O–H groups in total. The Morgan fingerprint density at radius 1 is 1.25 bits per heavy atom. The molecule has 0 aliphatic carbocycles. The molecular weight excluding hydrogens is 150 g/mol. The van der Waals surface area contributed by atoms with Gasteiger partial charge in [0.2, 0.25) is 0 Å². The number of unbranched alkanes of at least 4 members (excludes halogenated alkanes) is 3. The van der Waals surface area contributed by atoms with Crippen molar-refractivity contribution in [2.24, 2.45) is 5.73 Å². The molecule has 2 nitrogen and oxygen atoms in total. The smallest absolute Gasteiger partial charge is 0.0694 e. The Balaban J connectivity index is 3.24. The predicted octanol–water partition coefficient (Wildman–Crippen LogP) is 2.32. The maximum Gasteiger partial charge on any atom is 0.0694 e. The lowest BCUT2D eigenvalue weighted by Crippen LogP contribution is -2.33. The van der Waals surface area contributed by atoms with Crippen molar-refractivity contribution in [2.75, 3.05) is 7.11 Å². The molecule has 0 radical (unpaired) electrons. The van der Waals surface area contributed by atoms with Gasteiger partial charge < -0.3 is 10.5 Å². The van der Waals surface area contributed by atoms with E-state index in [-0.39, 0.29) is 12.1 Å². The van der Waals surface area contributed by atoms with E-state index in [4.69, 9.17) is 10.5 Å². The van der Waals surface area contributed by atoms with Crippen LogP contribution < -0.4 is 5.73 Å². The molecule has 0 saturated carbocycles. The molecule has 0 rings (SSSR count). The van der Waals surface area contributed by atoms with E-state index < -0.39 is 0 Å². The van der Waals surface area contributed by atoms with Crippen molar-refractivity contribution < 1.29 is 4.74 Å². The summed E-state index contributed by atoms with van der Waals surface area (Å²) in [5.41, 5.74) is 5.88. The van der Waals surface area contributed by atoms with Gasteiger partial charge in [0.25, 0.3) is 0 Å². The highest BCUT2D eigenvalue weighted by Gasteiger charge is 2.10. The zero-order chi connectivity index (χ0) is 9.40. The molecule has 0 amide bonds. The monoisotopic (exact) mass is 173 g/mol. The standard InChI is InChI=1S/C10H23NO/c1-4-5-6-7-8-10(11)9(2)12-3/h9-10H,4-8,11H2,1-3H3. The summed E-state index contributed by atoms with van der Waals surface area (Å²) in [6.07, 6.45) is 6.45. The van der Waals surface area contributed by atoms with Crippen molar-refractivity contribution in [2.45, 2.75) is 58.1 Å². The fourth-order valence-electron chi connectivity index (χ4n) is 1.22. The summed E-state index contributed by atoms with van der Waals surface area (Å²) in [6, 6.07) is 0.215. The molecule has 0 aliphatic rings. The summed E-state index contributed by atoms with van der Waals surface area (Å²) in [7, 11) is 1.72. The predicted molar refractivity (Wildman–Crippen MR) is 53.2 cm³/mol. The Kier molecular flexibility index (Phi) is 7.51. The number of hydrogen-bond donors (Lipinski definition) is 1. The van der Waals surface area contributed by atoms with E-state index in [0.717, 1.165) is 6.42 Å². The van der Waals surface area contributed by atoms with Gasteiger partial charge in [0, 0.05) is 13.2 Å². The lowest BCUT2D eigenvalue weighted by Gasteiger charge is -2.17. The van der Waals surface area contributed by atoms with E-state index in [1.807, 2.05) is 6.92 Å². The van der Waals surface area contributed by atoms with E-state index >= 15 is 0 Å². The summed E-state index contributed by atoms with van der Waals surface area (Å²) >= 11 is 0. The number of nitrogens with two attached hydrogens (primary N) is 1. The normalized spacial score (nSPS) is 16.0. The summed E-state index contributed by atoms with van der Waals surface area (Å²) in [5.74, 6) is 0. The molecule has 2 atom stereocenters. The molecule has 12 heavy (non-hydrogen) atoms. The Morgan fingerprint density at radius 2 is 1.92 bits per heavy atom. The molecule has 0 fully saturated rings. The van der Waals surface area contributed by atoms with Crippen molar-refractivity contribution >= 4 is 0 Å². The fourth-order valence-corrected chi connectivity index (χ4v) is 1.22. The molecule has 2 heteroatoms. The summed E-state index contributed by atoms with van der Waals surface area (Å²) in [6.45, 7) is 4.25. The van der Waals surface area contributed by atoms with Gasteiger partial charge in [-0.25, -0.2) is 0 Å². The van der Waals surface area contributed by atoms with Gasteiger partial charge >= 0.3 is 0 Å². The second kappa shape index (κ2) is 7.56. The topological polar surface area (TPSA) is 35.2 Å². The van der Waals surface area contributed by atoms with Gasteiger partial charge in [-0.1, -0.05) is 32.6 Å². The minimum atomic E-state index is 0.201. The molecule has 0 aromatic carbocycles. The average molecular weight is 173 g/mol. The molecule has 0 aromatic rings. The first-order valence-corrected chi connectivity index (χ1v) is 5.00. The highest BCUT2D eigenvalue weighted by atomic mass is 16.5. The first-order chi connectivity index (χ1) is 5.72. The van der Waals surface area contributed by atoms with Gasteiger partial charge in [-0.2, -0.15) is 0 Å². The van der Waals surface area contributed by atoms with Crippen molar-refractivity contribution in [1.29, 1.82) is 0 Å². The molecule has 0 saturated heterocycles. The van der Waals surface area contributed by atoms with E-state index in [1.165, 1.54) is 25.7 Å². The van der Waals surface area contributed by atoms with Crippen LogP contribution in [0.25, 0.3) is 0 Å². The number of ether oxygens (including phenoxy) is 1. The summed E-state index contributed by atoms with van der Waals surface area (Å²) in [5, 5.41) is 0. The van der Waals surface area contributed by atoms with E-state index in [0.29, 0.717) is 0 Å². The maximum absolute atomic E-state index is 5.88. The van der Waals surface area contributed by atoms with Crippen LogP contribution in [-0.4, -0.2) is 19.3 Å². The minimum absolute atomic E-state index is 0.201. The zero-order valence-corrected chi connectivity index (χ0v) is 8.68. The van der Waals surface area contributed by atoms with E-state index in [9.17, 15) is 0 Å². The molecule has 74 valence electrons. The molecule has 2 unspecified atom stereocenters. The maximum atomic E-state index is 5.88. The highest BCUT2D eigenvalue weighted by molar-refractivity contribution is 4.68. The SMILES string of the molecule is CCCCCCC(N)C(C)OC. The summed E-state index contributed by atoms with van der Waals surface area (Å²) < 4.78 is 5.14. The first-order valence-electron chi connectivity index (χ1n) is 5.00. The molecule has 0 spiro atoms. The molecular formula is C10H23NO. The zero-order valence-electron chi connectivity index (χ0n) is 8.68. The number of rotatable bonds is 7. The second-order valence-electron chi connectivity index (χ2n) is 3.45. The van der Waals surface area contributed by atoms with Crippen molar-refractivity contribution in [3.05, 3.63) is 0 Å². The largest absolute Gasteiger partial charge is 0.380 e. The molecule has 0 aromatic heterocycles. The van der Waals surface area contributed by atoms with Gasteiger partial charge in [0.1, 0.15) is 0 Å². The average Bonchev–Trinajstić information content (AvgIpc) is 2.10. The number of methoxy groups -OCH3 is 1. The lowest BCUT2D eigenvalue weighted by molar-refractivity contribution is 0.0920. The third kappa shape index (κ3) is 5.56. The fraction of sp³-hybridized carbons (Fsp3) is 1.00. The second-order valence-corrected chi connectivity index (χ2v) is 3.45. The van der Waals surface area contributed by atoms with Crippen molar-refractivity contribution in [1.82, 2.24) is 0 Å². The van der Waals surface area contributed by atoms with Crippen LogP contribution in [0.4, 0.5) is 0 Å². The molecule has 0 heterocycles. The quantitative estimate of drug-likeness (QED) is 0.600. The van der Waals surface area contributed by atoms with Gasteiger partial charge in [-0.3, -0.25) is 0 Å². The first kappa shape index (κ1) is 11.9. The lowest BCUT2D eigenvalue weighted by atomic mass is 10.0. The summed E-state index contributed by atoms with van der Waals surface area (Å²) in [4.78, 5) is 0. The highest BCUT2D eigenvalue weighted by Crippen LogP contribution is 2.07. The van der Waals surface area contributed by atoms with Gasteiger partial charge in [-0.15, -0.1) is 0 Å². The Bertz CT molecular complexity index is 95.8. The van der Waals surface area contributed by atoms with Crippen molar-refractivity contribution in [3.63, 3.8) is 0 Å². The Labute approximate surface area is 76.5 Å². The minimum Gasteiger partial charge on any atom is -0.380 e. The van der Waals surface area contributed by atoms with E-state index in [1.54, 1.807) is 7.11 Å². The molecule has 0 bridgehead atoms. The van der Waals surface area contributed by atoms with Crippen LogP contribution >= 0.6 is 0 Å². The van der Waals surface area contributed by atoms with Crippen LogP contribution in [0.2, 0.25) is 0 Å². The van der Waals surface area contributed by atoms with Crippen LogP contribution in [-0.2, 0) is 4.74 Å². The van der Waals surface area contributed by atoms with Crippen LogP contribution in [0, 0.1) is 0 Å². The Hall–Kier alpha value is -0.0800. The number of hydrogen-bond acceptors (Lipinski definition) is 2. The van der Waals surface area contributed by atoms with Crippen LogP contribution in [0.15, 0.2) is 0 Å². The molecule has 0 aliphatic heterocycles. The van der Waals surface area contributed by atoms with E-state index in [2.05, 4.69) is 6.92 Å². The van der Waals surface area contributed by atoms with Gasteiger partial charge in [0.05, 0.1) is 6.10 Å². The van der Waals surface area contributed by atoms with Crippen molar-refractivity contribution in [3.8, 4) is 0 Å². The Morgan fingerprint density at radius 3 is 2.42 bits per heavy atom. The third-order valence-corrected chi connectivity index (χ3v) is 2.37. The van der Waals surface area contributed by atoms with Gasteiger partial charge in [-0.05, 0) is 13.3 Å². The third-order valence-electron chi connectivity index (χ3n) is 2.37. The van der Waals surface area contributed by atoms with Gasteiger partial charge in [0.15, 0.2) is 0 Å². The van der Waals surface area contributed by atoms with Crippen LogP contribution in [0.1, 0.15) is 46.0 Å². The van der Waals surface area contributed by atoms with Crippen LogP contribution in [0.3, 0.4) is 0 Å².